The third-order valence-corrected chi connectivity index (χ3v) is 3.32. The van der Waals surface area contributed by atoms with Crippen LogP contribution in [0.3, 0.4) is 0 Å². The van der Waals surface area contributed by atoms with Crippen molar-refractivity contribution in [3.63, 3.8) is 0 Å². The molecule has 0 spiro atoms. The second kappa shape index (κ2) is 6.49. The van der Waals surface area contributed by atoms with Crippen molar-refractivity contribution in [2.75, 3.05) is 10.6 Å². The Morgan fingerprint density at radius 2 is 2.32 bits per heavy atom. The molecule has 0 fully saturated rings. The smallest absolute Gasteiger partial charge is 0.224 e. The molecule has 7 heteroatoms. The SMILES string of the molecule is CCC(=O)Nc1ccc(Cl)c(NCc2csnn2)c1. The van der Waals surface area contributed by atoms with E-state index >= 15 is 0 Å². The molecule has 1 heterocycles. The minimum atomic E-state index is -0.0306. The van der Waals surface area contributed by atoms with Gasteiger partial charge in [0.05, 0.1) is 22.9 Å². The van der Waals surface area contributed by atoms with Gasteiger partial charge in [0.15, 0.2) is 0 Å². The van der Waals surface area contributed by atoms with Crippen molar-refractivity contribution in [3.05, 3.63) is 34.3 Å². The highest BCUT2D eigenvalue weighted by molar-refractivity contribution is 7.03. The number of hydrogen-bond acceptors (Lipinski definition) is 5. The first-order valence-corrected chi connectivity index (χ1v) is 6.99. The van der Waals surface area contributed by atoms with Crippen LogP contribution in [0, 0.1) is 0 Å². The van der Waals surface area contributed by atoms with E-state index in [2.05, 4.69) is 20.2 Å². The first-order valence-electron chi connectivity index (χ1n) is 5.78. The van der Waals surface area contributed by atoms with E-state index in [4.69, 9.17) is 11.6 Å². The number of nitrogens with one attached hydrogen (secondary N) is 2. The number of carbonyl (C=O) groups is 1. The van der Waals surface area contributed by atoms with Crippen LogP contribution in [0.4, 0.5) is 11.4 Å². The summed E-state index contributed by atoms with van der Waals surface area (Å²) in [4.78, 5) is 11.3. The minimum absolute atomic E-state index is 0.0306. The van der Waals surface area contributed by atoms with E-state index in [1.807, 2.05) is 5.38 Å². The number of aromatic nitrogens is 2. The fourth-order valence-electron chi connectivity index (χ4n) is 1.43. The molecule has 0 aliphatic rings. The largest absolute Gasteiger partial charge is 0.378 e. The fraction of sp³-hybridized carbons (Fsp3) is 0.250. The predicted octanol–water partition coefficient (Wildman–Crippen LogP) is 3.15. The number of anilines is 2. The predicted molar refractivity (Wildman–Crippen MR) is 77.6 cm³/mol. The molecule has 100 valence electrons. The maximum absolute atomic E-state index is 11.3. The van der Waals surface area contributed by atoms with Gasteiger partial charge in [0, 0.05) is 17.5 Å². The number of hydrogen-bond donors (Lipinski definition) is 2. The lowest BCUT2D eigenvalue weighted by Crippen LogP contribution is -2.10. The van der Waals surface area contributed by atoms with Gasteiger partial charge in [-0.15, -0.1) is 5.10 Å². The van der Waals surface area contributed by atoms with Crippen LogP contribution in [0.15, 0.2) is 23.6 Å². The van der Waals surface area contributed by atoms with Crippen molar-refractivity contribution in [2.45, 2.75) is 19.9 Å². The van der Waals surface area contributed by atoms with Crippen molar-refractivity contribution in [2.24, 2.45) is 0 Å². The molecule has 0 atom stereocenters. The molecule has 0 bridgehead atoms. The first-order chi connectivity index (χ1) is 9.19. The van der Waals surface area contributed by atoms with Crippen LogP contribution in [0.1, 0.15) is 19.0 Å². The monoisotopic (exact) mass is 296 g/mol. The summed E-state index contributed by atoms with van der Waals surface area (Å²) in [5.41, 5.74) is 2.32. The third kappa shape index (κ3) is 3.90. The summed E-state index contributed by atoms with van der Waals surface area (Å²) in [5, 5.41) is 12.4. The van der Waals surface area contributed by atoms with Gasteiger partial charge < -0.3 is 10.6 Å². The Balaban J connectivity index is 2.06. The van der Waals surface area contributed by atoms with Gasteiger partial charge in [0.2, 0.25) is 5.91 Å². The third-order valence-electron chi connectivity index (χ3n) is 2.44. The van der Waals surface area contributed by atoms with Crippen molar-refractivity contribution in [1.29, 1.82) is 0 Å². The lowest BCUT2D eigenvalue weighted by Gasteiger charge is -2.10. The van der Waals surface area contributed by atoms with Crippen molar-refractivity contribution in [1.82, 2.24) is 9.59 Å². The second-order valence-electron chi connectivity index (χ2n) is 3.85. The maximum atomic E-state index is 11.3. The first kappa shape index (κ1) is 13.8. The summed E-state index contributed by atoms with van der Waals surface area (Å²) >= 11 is 7.40. The Morgan fingerprint density at radius 3 is 3.00 bits per heavy atom. The van der Waals surface area contributed by atoms with E-state index in [1.165, 1.54) is 11.5 Å². The van der Waals surface area contributed by atoms with Crippen molar-refractivity contribution in [3.8, 4) is 0 Å². The lowest BCUT2D eigenvalue weighted by atomic mass is 10.2. The molecule has 1 aromatic carbocycles. The molecule has 1 amide bonds. The number of rotatable bonds is 5. The summed E-state index contributed by atoms with van der Waals surface area (Å²) in [6.45, 7) is 2.35. The molecule has 2 rings (SSSR count). The molecule has 0 saturated heterocycles. The number of nitrogens with zero attached hydrogens (tertiary/aromatic N) is 2. The standard InChI is InChI=1S/C12H13ClN4OS/c1-2-12(18)15-8-3-4-10(13)11(5-8)14-6-9-7-19-17-16-9/h3-5,7,14H,2,6H2,1H3,(H,15,18). The van der Waals surface area contributed by atoms with Crippen LogP contribution in [0.25, 0.3) is 0 Å². The average Bonchev–Trinajstić information content (AvgIpc) is 2.92. The molecule has 19 heavy (non-hydrogen) atoms. The van der Waals surface area contributed by atoms with Gasteiger partial charge in [-0.05, 0) is 29.7 Å². The van der Waals surface area contributed by atoms with Gasteiger partial charge in [-0.1, -0.05) is 23.0 Å². The maximum Gasteiger partial charge on any atom is 0.224 e. The molecule has 0 saturated carbocycles. The Morgan fingerprint density at radius 1 is 1.47 bits per heavy atom. The molecule has 2 aromatic rings. The van der Waals surface area contributed by atoms with E-state index in [0.717, 1.165) is 17.1 Å². The van der Waals surface area contributed by atoms with Crippen LogP contribution >= 0.6 is 23.1 Å². The highest BCUT2D eigenvalue weighted by Crippen LogP contribution is 2.26. The van der Waals surface area contributed by atoms with Gasteiger partial charge in [0.1, 0.15) is 0 Å². The van der Waals surface area contributed by atoms with Crippen LogP contribution in [0.2, 0.25) is 5.02 Å². The zero-order chi connectivity index (χ0) is 13.7. The zero-order valence-corrected chi connectivity index (χ0v) is 11.9. The summed E-state index contributed by atoms with van der Waals surface area (Å²) in [6, 6.07) is 5.32. The molecule has 0 aliphatic carbocycles. The lowest BCUT2D eigenvalue weighted by molar-refractivity contribution is -0.115. The topological polar surface area (TPSA) is 66.9 Å². The number of carbonyl (C=O) groups excluding carboxylic acids is 1. The quantitative estimate of drug-likeness (QED) is 0.889. The summed E-state index contributed by atoms with van der Waals surface area (Å²) in [5.74, 6) is -0.0306. The highest BCUT2D eigenvalue weighted by atomic mass is 35.5. The molecule has 5 nitrogen and oxygen atoms in total. The zero-order valence-electron chi connectivity index (χ0n) is 10.3. The van der Waals surface area contributed by atoms with Crippen LogP contribution in [0.5, 0.6) is 0 Å². The Hall–Kier alpha value is -1.66. The fourth-order valence-corrected chi connectivity index (χ4v) is 2.07. The molecule has 0 radical (unpaired) electrons. The number of halogens is 1. The Bertz CT molecular complexity index is 559. The summed E-state index contributed by atoms with van der Waals surface area (Å²) < 4.78 is 3.79. The normalized spacial score (nSPS) is 10.2. The Labute approximate surface area is 120 Å². The van der Waals surface area contributed by atoms with Gasteiger partial charge in [-0.25, -0.2) is 0 Å². The molecule has 0 aliphatic heterocycles. The van der Waals surface area contributed by atoms with Crippen LogP contribution in [-0.2, 0) is 11.3 Å². The van der Waals surface area contributed by atoms with E-state index in [-0.39, 0.29) is 5.91 Å². The summed E-state index contributed by atoms with van der Waals surface area (Å²) in [6.07, 6.45) is 0.440. The van der Waals surface area contributed by atoms with Gasteiger partial charge in [0.25, 0.3) is 0 Å². The molecule has 1 aromatic heterocycles. The van der Waals surface area contributed by atoms with Crippen LogP contribution < -0.4 is 10.6 Å². The number of benzene rings is 1. The van der Waals surface area contributed by atoms with E-state index < -0.39 is 0 Å². The van der Waals surface area contributed by atoms with E-state index in [9.17, 15) is 4.79 Å². The van der Waals surface area contributed by atoms with Gasteiger partial charge >= 0.3 is 0 Å². The summed E-state index contributed by atoms with van der Waals surface area (Å²) in [7, 11) is 0. The minimum Gasteiger partial charge on any atom is -0.378 e. The van der Waals surface area contributed by atoms with Crippen LogP contribution in [-0.4, -0.2) is 15.5 Å². The van der Waals surface area contributed by atoms with Gasteiger partial charge in [-0.2, -0.15) is 0 Å². The van der Waals surface area contributed by atoms with E-state index in [0.29, 0.717) is 18.0 Å². The highest BCUT2D eigenvalue weighted by Gasteiger charge is 2.05. The van der Waals surface area contributed by atoms with E-state index in [1.54, 1.807) is 25.1 Å². The Kier molecular flexibility index (Phi) is 4.70. The average molecular weight is 297 g/mol. The number of amides is 1. The van der Waals surface area contributed by atoms with Crippen molar-refractivity contribution >= 4 is 40.4 Å². The second-order valence-corrected chi connectivity index (χ2v) is 4.86. The molecule has 0 unspecified atom stereocenters. The van der Waals surface area contributed by atoms with Crippen molar-refractivity contribution < 1.29 is 4.79 Å². The van der Waals surface area contributed by atoms with Gasteiger partial charge in [-0.3, -0.25) is 4.79 Å². The molecular weight excluding hydrogens is 284 g/mol. The molecular formula is C12H13ClN4OS. The molecule has 2 N–H and O–H groups in total.